The van der Waals surface area contributed by atoms with Crippen molar-refractivity contribution in [2.24, 2.45) is 0 Å². The standard InChI is InChI=1S/C9H5BrClN3O2/c10-7-4-6(9(15)16)14(13-7)5-2-1-3-12-8(5)11/h1-4H,(H,15,16). The Labute approximate surface area is 104 Å². The van der Waals surface area contributed by atoms with Gasteiger partial charge in [0.25, 0.3) is 0 Å². The summed E-state index contributed by atoms with van der Waals surface area (Å²) in [6.07, 6.45) is 1.52. The van der Waals surface area contributed by atoms with E-state index in [-0.39, 0.29) is 10.8 Å². The summed E-state index contributed by atoms with van der Waals surface area (Å²) in [7, 11) is 0. The molecule has 2 heterocycles. The molecule has 0 atom stereocenters. The second kappa shape index (κ2) is 4.23. The molecule has 0 amide bonds. The molecular weight excluding hydrogens is 297 g/mol. The van der Waals surface area contributed by atoms with Crippen LogP contribution in [0.25, 0.3) is 5.69 Å². The lowest BCUT2D eigenvalue weighted by molar-refractivity contribution is 0.0687. The van der Waals surface area contributed by atoms with Gasteiger partial charge in [-0.3, -0.25) is 0 Å². The Morgan fingerprint density at radius 1 is 1.56 bits per heavy atom. The zero-order valence-corrected chi connectivity index (χ0v) is 10.1. The zero-order chi connectivity index (χ0) is 11.7. The number of aromatic nitrogens is 3. The number of hydrogen-bond donors (Lipinski definition) is 1. The summed E-state index contributed by atoms with van der Waals surface area (Å²) in [6.45, 7) is 0. The minimum atomic E-state index is -1.09. The highest BCUT2D eigenvalue weighted by atomic mass is 79.9. The van der Waals surface area contributed by atoms with E-state index in [1.807, 2.05) is 0 Å². The van der Waals surface area contributed by atoms with Crippen LogP contribution in [0, 0.1) is 0 Å². The first-order chi connectivity index (χ1) is 7.59. The molecule has 82 valence electrons. The van der Waals surface area contributed by atoms with Crippen LogP contribution in [-0.4, -0.2) is 25.8 Å². The molecule has 0 aliphatic carbocycles. The lowest BCUT2D eigenvalue weighted by atomic mass is 10.4. The number of pyridine rings is 1. The van der Waals surface area contributed by atoms with Crippen molar-refractivity contribution in [2.75, 3.05) is 0 Å². The van der Waals surface area contributed by atoms with E-state index in [4.69, 9.17) is 16.7 Å². The fraction of sp³-hybridized carbons (Fsp3) is 0. The zero-order valence-electron chi connectivity index (χ0n) is 7.76. The fourth-order valence-corrected chi connectivity index (χ4v) is 1.80. The van der Waals surface area contributed by atoms with Gasteiger partial charge < -0.3 is 5.11 Å². The van der Waals surface area contributed by atoms with Gasteiger partial charge in [0.1, 0.15) is 10.3 Å². The average molecular weight is 303 g/mol. The van der Waals surface area contributed by atoms with E-state index in [0.29, 0.717) is 10.3 Å². The normalized spacial score (nSPS) is 10.4. The molecule has 0 spiro atoms. The molecule has 0 aliphatic heterocycles. The summed E-state index contributed by atoms with van der Waals surface area (Å²) in [5, 5.41) is 13.2. The van der Waals surface area contributed by atoms with E-state index >= 15 is 0 Å². The first-order valence-electron chi connectivity index (χ1n) is 4.19. The first-order valence-corrected chi connectivity index (χ1v) is 5.36. The monoisotopic (exact) mass is 301 g/mol. The van der Waals surface area contributed by atoms with E-state index in [1.54, 1.807) is 12.1 Å². The predicted octanol–water partition coefficient (Wildman–Crippen LogP) is 2.38. The van der Waals surface area contributed by atoms with Crippen molar-refractivity contribution in [2.45, 2.75) is 0 Å². The number of nitrogens with zero attached hydrogens (tertiary/aromatic N) is 3. The molecule has 0 radical (unpaired) electrons. The number of carbonyl (C=O) groups is 1. The van der Waals surface area contributed by atoms with Crippen LogP contribution in [0.4, 0.5) is 0 Å². The second-order valence-electron chi connectivity index (χ2n) is 2.88. The number of rotatable bonds is 2. The average Bonchev–Trinajstić information content (AvgIpc) is 2.61. The molecule has 0 unspecified atom stereocenters. The minimum absolute atomic E-state index is 0.0155. The molecular formula is C9H5BrClN3O2. The van der Waals surface area contributed by atoms with Crippen molar-refractivity contribution in [3.63, 3.8) is 0 Å². The Bertz CT molecular complexity index is 555. The predicted molar refractivity (Wildman–Crippen MR) is 61.0 cm³/mol. The lowest BCUT2D eigenvalue weighted by Crippen LogP contribution is -2.08. The summed E-state index contributed by atoms with van der Waals surface area (Å²) in [5.74, 6) is -1.09. The topological polar surface area (TPSA) is 68.0 Å². The maximum absolute atomic E-state index is 11.0. The van der Waals surface area contributed by atoms with E-state index in [9.17, 15) is 4.79 Å². The smallest absolute Gasteiger partial charge is 0.354 e. The van der Waals surface area contributed by atoms with E-state index < -0.39 is 5.97 Å². The largest absolute Gasteiger partial charge is 0.477 e. The number of halogens is 2. The molecule has 2 aromatic heterocycles. The van der Waals surface area contributed by atoms with Crippen molar-refractivity contribution in [3.8, 4) is 5.69 Å². The molecule has 1 N–H and O–H groups in total. The highest BCUT2D eigenvalue weighted by molar-refractivity contribution is 9.10. The van der Waals surface area contributed by atoms with Gasteiger partial charge in [0.2, 0.25) is 0 Å². The van der Waals surface area contributed by atoms with Crippen LogP contribution in [0.3, 0.4) is 0 Å². The molecule has 0 saturated heterocycles. The van der Waals surface area contributed by atoms with Crippen molar-refractivity contribution >= 4 is 33.5 Å². The SMILES string of the molecule is O=C(O)c1cc(Br)nn1-c1cccnc1Cl. The Balaban J connectivity index is 2.64. The Hall–Kier alpha value is -1.40. The number of hydrogen-bond acceptors (Lipinski definition) is 3. The molecule has 0 aromatic carbocycles. The van der Waals surface area contributed by atoms with Crippen molar-refractivity contribution in [1.29, 1.82) is 0 Å². The van der Waals surface area contributed by atoms with Gasteiger partial charge in [0.15, 0.2) is 10.8 Å². The van der Waals surface area contributed by atoms with Gasteiger partial charge in [0, 0.05) is 12.3 Å². The Morgan fingerprint density at radius 3 is 2.94 bits per heavy atom. The molecule has 2 rings (SSSR count). The van der Waals surface area contributed by atoms with E-state index in [0.717, 1.165) is 0 Å². The van der Waals surface area contributed by atoms with Crippen LogP contribution in [0.15, 0.2) is 29.0 Å². The molecule has 2 aromatic rings. The highest BCUT2D eigenvalue weighted by Crippen LogP contribution is 2.21. The summed E-state index contributed by atoms with van der Waals surface area (Å²) < 4.78 is 1.65. The van der Waals surface area contributed by atoms with Gasteiger partial charge in [-0.2, -0.15) is 5.10 Å². The third kappa shape index (κ3) is 1.94. The molecule has 7 heteroatoms. The third-order valence-corrected chi connectivity index (χ3v) is 2.54. The van der Waals surface area contributed by atoms with Crippen molar-refractivity contribution in [3.05, 3.63) is 39.8 Å². The van der Waals surface area contributed by atoms with Crippen LogP contribution in [0.2, 0.25) is 5.15 Å². The maximum atomic E-state index is 11.0. The van der Waals surface area contributed by atoms with Gasteiger partial charge in [-0.25, -0.2) is 14.5 Å². The molecule has 0 bridgehead atoms. The van der Waals surface area contributed by atoms with Gasteiger partial charge in [0.05, 0.1) is 0 Å². The molecule has 16 heavy (non-hydrogen) atoms. The summed E-state index contributed by atoms with van der Waals surface area (Å²) >= 11 is 8.98. The molecule has 0 fully saturated rings. The quantitative estimate of drug-likeness (QED) is 0.865. The van der Waals surface area contributed by atoms with Gasteiger partial charge >= 0.3 is 5.97 Å². The summed E-state index contributed by atoms with van der Waals surface area (Å²) in [4.78, 5) is 14.8. The summed E-state index contributed by atoms with van der Waals surface area (Å²) in [6, 6.07) is 4.69. The number of carboxylic acids is 1. The van der Waals surface area contributed by atoms with Crippen LogP contribution in [0.5, 0.6) is 0 Å². The molecule has 0 aliphatic rings. The third-order valence-electron chi connectivity index (χ3n) is 1.87. The van der Waals surface area contributed by atoms with Gasteiger partial charge in [-0.15, -0.1) is 0 Å². The summed E-state index contributed by atoms with van der Waals surface area (Å²) in [5.41, 5.74) is 0.439. The first kappa shape index (κ1) is 11.1. The Morgan fingerprint density at radius 2 is 2.31 bits per heavy atom. The molecule has 0 saturated carbocycles. The number of aromatic carboxylic acids is 1. The Kier molecular flexibility index (Phi) is 2.93. The fourth-order valence-electron chi connectivity index (χ4n) is 1.22. The van der Waals surface area contributed by atoms with Crippen LogP contribution in [0.1, 0.15) is 10.5 Å². The number of carboxylic acid groups (broad SMARTS) is 1. The van der Waals surface area contributed by atoms with E-state index in [2.05, 4.69) is 26.0 Å². The van der Waals surface area contributed by atoms with E-state index in [1.165, 1.54) is 16.9 Å². The second-order valence-corrected chi connectivity index (χ2v) is 4.05. The highest BCUT2D eigenvalue weighted by Gasteiger charge is 2.16. The van der Waals surface area contributed by atoms with Crippen LogP contribution >= 0.6 is 27.5 Å². The maximum Gasteiger partial charge on any atom is 0.354 e. The van der Waals surface area contributed by atoms with Crippen molar-refractivity contribution < 1.29 is 9.90 Å². The van der Waals surface area contributed by atoms with Crippen LogP contribution < -0.4 is 0 Å². The van der Waals surface area contributed by atoms with Crippen LogP contribution in [-0.2, 0) is 0 Å². The lowest BCUT2D eigenvalue weighted by Gasteiger charge is -2.04. The minimum Gasteiger partial charge on any atom is -0.477 e. The molecule has 5 nitrogen and oxygen atoms in total. The van der Waals surface area contributed by atoms with Crippen molar-refractivity contribution in [1.82, 2.24) is 14.8 Å². The van der Waals surface area contributed by atoms with Gasteiger partial charge in [-0.1, -0.05) is 11.6 Å². The van der Waals surface area contributed by atoms with Gasteiger partial charge in [-0.05, 0) is 28.1 Å².